The summed E-state index contributed by atoms with van der Waals surface area (Å²) in [5, 5.41) is 6.83. The van der Waals surface area contributed by atoms with Crippen LogP contribution in [-0.4, -0.2) is 88.5 Å². The van der Waals surface area contributed by atoms with Gasteiger partial charge in [-0.2, -0.15) is 0 Å². The largest absolute Gasteiger partial charge is 0.379 e. The first kappa shape index (κ1) is 23.3. The summed E-state index contributed by atoms with van der Waals surface area (Å²) in [6, 6.07) is 8.62. The Bertz CT molecular complexity index is 610. The first-order chi connectivity index (χ1) is 13.2. The summed E-state index contributed by atoms with van der Waals surface area (Å²) in [6.45, 7) is 8.90. The highest BCUT2D eigenvalue weighted by Gasteiger charge is 2.18. The third-order valence-corrected chi connectivity index (χ3v) is 5.12. The molecule has 0 aromatic heterocycles. The monoisotopic (exact) mass is 503 g/mol. The van der Waals surface area contributed by atoms with E-state index >= 15 is 0 Å². The Kier molecular flexibility index (Phi) is 10.5. The highest BCUT2D eigenvalue weighted by atomic mass is 127. The lowest BCUT2D eigenvalue weighted by Crippen LogP contribution is -2.48. The number of aliphatic imine (C=N–C) groups is 1. The van der Waals surface area contributed by atoms with E-state index in [0.29, 0.717) is 0 Å². The molecule has 8 heteroatoms. The number of nitrogens with zero attached hydrogens (tertiary/aromatic N) is 3. The molecule has 1 aromatic rings. The van der Waals surface area contributed by atoms with Crippen LogP contribution in [0.15, 0.2) is 29.3 Å². The van der Waals surface area contributed by atoms with Crippen molar-refractivity contribution in [1.82, 2.24) is 20.4 Å². The van der Waals surface area contributed by atoms with Gasteiger partial charge in [0.1, 0.15) is 0 Å². The van der Waals surface area contributed by atoms with E-state index in [0.717, 1.165) is 71.6 Å². The maximum Gasteiger partial charge on any atom is 0.191 e. The average molecular weight is 503 g/mol. The smallest absolute Gasteiger partial charge is 0.191 e. The summed E-state index contributed by atoms with van der Waals surface area (Å²) in [5.41, 5.74) is 2.67. The van der Waals surface area contributed by atoms with Crippen LogP contribution in [0.2, 0.25) is 0 Å². The van der Waals surface area contributed by atoms with Crippen LogP contribution in [0, 0.1) is 0 Å². The van der Waals surface area contributed by atoms with E-state index in [9.17, 15) is 0 Å². The van der Waals surface area contributed by atoms with Gasteiger partial charge in [-0.15, -0.1) is 24.0 Å². The molecular weight excluding hydrogens is 469 g/mol. The van der Waals surface area contributed by atoms with Crippen LogP contribution in [0.25, 0.3) is 0 Å². The minimum Gasteiger partial charge on any atom is -0.379 e. The fourth-order valence-corrected chi connectivity index (χ4v) is 3.48. The lowest BCUT2D eigenvalue weighted by molar-refractivity contribution is -0.0161. The first-order valence-electron chi connectivity index (χ1n) is 9.86. The van der Waals surface area contributed by atoms with Crippen LogP contribution >= 0.6 is 24.0 Å². The average Bonchev–Trinajstić information content (AvgIpc) is 2.70. The Morgan fingerprint density at radius 3 is 2.57 bits per heavy atom. The van der Waals surface area contributed by atoms with Crippen molar-refractivity contribution < 1.29 is 9.47 Å². The van der Waals surface area contributed by atoms with Crippen LogP contribution in [0.3, 0.4) is 0 Å². The standard InChI is InChI=1S/C20H33N5O2.HI/c1-21-20(23-14-19-16-24(2)7-12-27-19)22-13-17-5-3-4-6-18(17)15-25-8-10-26-11-9-25;/h3-6,19H,7-16H2,1-2H3,(H2,21,22,23);1H. The molecule has 7 nitrogen and oxygen atoms in total. The first-order valence-corrected chi connectivity index (χ1v) is 9.86. The van der Waals surface area contributed by atoms with Crippen molar-refractivity contribution in [3.05, 3.63) is 35.4 Å². The molecule has 0 spiro atoms. The summed E-state index contributed by atoms with van der Waals surface area (Å²) in [7, 11) is 3.94. The van der Waals surface area contributed by atoms with Gasteiger partial charge in [-0.05, 0) is 18.2 Å². The fourth-order valence-electron chi connectivity index (χ4n) is 3.48. The predicted octanol–water partition coefficient (Wildman–Crippen LogP) is 1.13. The number of morpholine rings is 2. The van der Waals surface area contributed by atoms with Crippen LogP contribution in [0.1, 0.15) is 11.1 Å². The zero-order valence-electron chi connectivity index (χ0n) is 17.0. The minimum absolute atomic E-state index is 0. The molecule has 2 N–H and O–H groups in total. The van der Waals surface area contributed by atoms with E-state index in [4.69, 9.17) is 9.47 Å². The summed E-state index contributed by atoms with van der Waals surface area (Å²) < 4.78 is 11.3. The highest BCUT2D eigenvalue weighted by Crippen LogP contribution is 2.13. The molecule has 0 radical (unpaired) electrons. The molecule has 2 aliphatic heterocycles. The molecule has 0 saturated carbocycles. The Labute approximate surface area is 185 Å². The zero-order chi connectivity index (χ0) is 18.9. The molecule has 3 rings (SSSR count). The van der Waals surface area contributed by atoms with Crippen LogP contribution in [-0.2, 0) is 22.6 Å². The molecule has 2 saturated heterocycles. The predicted molar refractivity (Wildman–Crippen MR) is 123 cm³/mol. The Hall–Kier alpha value is -0.940. The Balaban J connectivity index is 0.00000280. The third kappa shape index (κ3) is 7.47. The molecule has 0 bridgehead atoms. The van der Waals surface area contributed by atoms with Crippen molar-refractivity contribution in [2.45, 2.75) is 19.2 Å². The maximum absolute atomic E-state index is 5.81. The number of rotatable bonds is 6. The van der Waals surface area contributed by atoms with Gasteiger partial charge in [-0.25, -0.2) is 0 Å². The van der Waals surface area contributed by atoms with E-state index in [1.54, 1.807) is 0 Å². The SMILES string of the molecule is CN=C(NCc1ccccc1CN1CCOCC1)NCC1CN(C)CCO1.I. The Morgan fingerprint density at radius 2 is 1.86 bits per heavy atom. The van der Waals surface area contributed by atoms with Crippen molar-refractivity contribution in [2.75, 3.05) is 66.6 Å². The molecule has 1 aromatic carbocycles. The number of guanidine groups is 1. The number of hydrogen-bond donors (Lipinski definition) is 2. The number of benzene rings is 1. The molecule has 1 unspecified atom stereocenters. The van der Waals surface area contributed by atoms with Gasteiger partial charge in [0.05, 0.1) is 25.9 Å². The van der Waals surface area contributed by atoms with Gasteiger partial charge in [0, 0.05) is 52.9 Å². The van der Waals surface area contributed by atoms with Crippen molar-refractivity contribution >= 4 is 29.9 Å². The Morgan fingerprint density at radius 1 is 1.11 bits per heavy atom. The molecule has 0 amide bonds. The fraction of sp³-hybridized carbons (Fsp3) is 0.650. The van der Waals surface area contributed by atoms with Gasteiger partial charge in [0.15, 0.2) is 5.96 Å². The normalized spacial score (nSPS) is 21.8. The van der Waals surface area contributed by atoms with Gasteiger partial charge in [-0.3, -0.25) is 9.89 Å². The van der Waals surface area contributed by atoms with Crippen molar-refractivity contribution in [3.8, 4) is 0 Å². The second-order valence-electron chi connectivity index (χ2n) is 7.22. The molecule has 2 heterocycles. The minimum atomic E-state index is 0. The third-order valence-electron chi connectivity index (χ3n) is 5.12. The van der Waals surface area contributed by atoms with Crippen LogP contribution < -0.4 is 10.6 Å². The number of ether oxygens (including phenoxy) is 2. The van der Waals surface area contributed by atoms with Gasteiger partial charge in [-0.1, -0.05) is 24.3 Å². The molecule has 0 aliphatic carbocycles. The highest BCUT2D eigenvalue weighted by molar-refractivity contribution is 14.0. The van der Waals surface area contributed by atoms with Crippen molar-refractivity contribution in [3.63, 3.8) is 0 Å². The topological polar surface area (TPSA) is 61.4 Å². The molecule has 2 aliphatic rings. The van der Waals surface area contributed by atoms with E-state index in [1.165, 1.54) is 11.1 Å². The van der Waals surface area contributed by atoms with Gasteiger partial charge in [0.2, 0.25) is 0 Å². The van der Waals surface area contributed by atoms with Gasteiger partial charge in [0.25, 0.3) is 0 Å². The quantitative estimate of drug-likeness (QED) is 0.345. The molecule has 2 fully saturated rings. The summed E-state index contributed by atoms with van der Waals surface area (Å²) in [6.07, 6.45) is 0.205. The number of hydrogen-bond acceptors (Lipinski definition) is 5. The lowest BCUT2D eigenvalue weighted by Gasteiger charge is -2.30. The van der Waals surface area contributed by atoms with Gasteiger partial charge < -0.3 is 25.0 Å². The van der Waals surface area contributed by atoms with Crippen LogP contribution in [0.5, 0.6) is 0 Å². The number of likely N-dealkylation sites (N-methyl/N-ethyl adjacent to an activating group) is 1. The van der Waals surface area contributed by atoms with E-state index in [2.05, 4.69) is 56.7 Å². The summed E-state index contributed by atoms with van der Waals surface area (Å²) in [5.74, 6) is 0.813. The van der Waals surface area contributed by atoms with E-state index < -0.39 is 0 Å². The second-order valence-corrected chi connectivity index (χ2v) is 7.22. The molecule has 28 heavy (non-hydrogen) atoms. The van der Waals surface area contributed by atoms with Crippen molar-refractivity contribution in [2.24, 2.45) is 4.99 Å². The summed E-state index contributed by atoms with van der Waals surface area (Å²) >= 11 is 0. The van der Waals surface area contributed by atoms with E-state index in [-0.39, 0.29) is 30.1 Å². The number of halogens is 1. The summed E-state index contributed by atoms with van der Waals surface area (Å²) in [4.78, 5) is 9.10. The molecule has 158 valence electrons. The van der Waals surface area contributed by atoms with E-state index in [1.807, 2.05) is 7.05 Å². The lowest BCUT2D eigenvalue weighted by atomic mass is 10.1. The second kappa shape index (κ2) is 12.6. The van der Waals surface area contributed by atoms with Crippen LogP contribution in [0.4, 0.5) is 0 Å². The van der Waals surface area contributed by atoms with Gasteiger partial charge >= 0.3 is 0 Å². The maximum atomic E-state index is 5.81. The van der Waals surface area contributed by atoms with Crippen molar-refractivity contribution in [1.29, 1.82) is 0 Å². The molecular formula is C20H34IN5O2. The molecule has 1 atom stereocenters. The zero-order valence-corrected chi connectivity index (χ0v) is 19.4. The number of nitrogens with one attached hydrogen (secondary N) is 2.